The third kappa shape index (κ3) is 8.14. The van der Waals surface area contributed by atoms with Gasteiger partial charge in [0, 0.05) is 46.5 Å². The number of amides is 4. The second kappa shape index (κ2) is 17.7. The molecule has 0 saturated carbocycles. The summed E-state index contributed by atoms with van der Waals surface area (Å²) in [5, 5.41) is 6.09. The number of ether oxygens (including phenoxy) is 4. The van der Waals surface area contributed by atoms with Crippen molar-refractivity contribution in [2.45, 2.75) is 104 Å². The number of H-pyrrole nitrogens is 2. The third-order valence-electron chi connectivity index (χ3n) is 12.3. The molecule has 4 N–H and O–H groups in total. The number of carbonyl (C=O) groups is 4. The second-order valence-corrected chi connectivity index (χ2v) is 17.7. The first-order valence-electron chi connectivity index (χ1n) is 21.2. The molecule has 4 amide bonds. The summed E-state index contributed by atoms with van der Waals surface area (Å²) in [6.45, 7) is 9.08. The quantitative estimate of drug-likeness (QED) is 0.121. The molecule has 2 aromatic carbocycles. The van der Waals surface area contributed by atoms with Gasteiger partial charge in [-0.3, -0.25) is 9.59 Å². The van der Waals surface area contributed by atoms with Gasteiger partial charge in [0.1, 0.15) is 70.1 Å². The number of benzene rings is 2. The van der Waals surface area contributed by atoms with Crippen LogP contribution >= 0.6 is 23.2 Å². The van der Waals surface area contributed by atoms with Crippen molar-refractivity contribution >= 4 is 47.2 Å². The Morgan fingerprint density at radius 2 is 1.08 bits per heavy atom. The molecule has 4 atom stereocenters. The Morgan fingerprint density at radius 3 is 1.45 bits per heavy atom. The van der Waals surface area contributed by atoms with Gasteiger partial charge >= 0.3 is 12.2 Å². The maximum atomic E-state index is 13.9. The van der Waals surface area contributed by atoms with Crippen LogP contribution in [0.4, 0.5) is 9.59 Å². The Labute approximate surface area is 369 Å². The van der Waals surface area contributed by atoms with Crippen LogP contribution in [0.15, 0.2) is 24.3 Å². The predicted octanol–water partition coefficient (Wildman–Crippen LogP) is 8.09. The summed E-state index contributed by atoms with van der Waals surface area (Å²) in [4.78, 5) is 72.1. The Balaban J connectivity index is 1.06. The van der Waals surface area contributed by atoms with Crippen molar-refractivity contribution in [2.24, 2.45) is 11.8 Å². The molecule has 0 unspecified atom stereocenters. The summed E-state index contributed by atoms with van der Waals surface area (Å²) in [5.74, 6) is 1.76. The predicted molar refractivity (Wildman–Crippen MR) is 231 cm³/mol. The minimum Gasteiger partial charge on any atom is -0.488 e. The molecular weight excluding hydrogens is 839 g/mol. The lowest BCUT2D eigenvalue weighted by Gasteiger charge is -2.37. The van der Waals surface area contributed by atoms with Crippen molar-refractivity contribution in [3.63, 3.8) is 0 Å². The van der Waals surface area contributed by atoms with Gasteiger partial charge in [-0.25, -0.2) is 19.6 Å². The van der Waals surface area contributed by atoms with E-state index >= 15 is 0 Å². The Bertz CT molecular complexity index is 2180. The van der Waals surface area contributed by atoms with Crippen molar-refractivity contribution in [3.8, 4) is 45.1 Å². The molecule has 4 aliphatic heterocycles. The number of methoxy groups -OCH3 is 2. The van der Waals surface area contributed by atoms with E-state index in [9.17, 15) is 19.2 Å². The fraction of sp³-hybridized carbons (Fsp3) is 0.500. The third-order valence-corrected chi connectivity index (χ3v) is 12.8. The average Bonchev–Trinajstić information content (AvgIpc) is 3.87. The van der Waals surface area contributed by atoms with Gasteiger partial charge in [0.05, 0.1) is 26.3 Å². The highest BCUT2D eigenvalue weighted by molar-refractivity contribution is 6.32. The smallest absolute Gasteiger partial charge is 0.407 e. The maximum Gasteiger partial charge on any atom is 0.407 e. The lowest BCUT2D eigenvalue weighted by molar-refractivity contribution is -0.139. The van der Waals surface area contributed by atoms with Gasteiger partial charge in [0.15, 0.2) is 0 Å². The summed E-state index contributed by atoms with van der Waals surface area (Å²) in [6, 6.07) is 5.65. The fourth-order valence-corrected chi connectivity index (χ4v) is 9.60. The number of imidazole rings is 2. The minimum absolute atomic E-state index is 0.165. The molecule has 2 saturated heterocycles. The first-order chi connectivity index (χ1) is 29.8. The maximum absolute atomic E-state index is 13.9. The van der Waals surface area contributed by atoms with E-state index in [1.165, 1.54) is 14.2 Å². The number of aromatic amines is 2. The number of piperidine rings is 2. The number of halogens is 2. The van der Waals surface area contributed by atoms with Crippen LogP contribution in [-0.4, -0.2) is 93.1 Å². The Morgan fingerprint density at radius 1 is 0.677 bits per heavy atom. The van der Waals surface area contributed by atoms with E-state index in [-0.39, 0.29) is 48.9 Å². The molecule has 62 heavy (non-hydrogen) atoms. The molecular formula is C44H52Cl2N8O8. The largest absolute Gasteiger partial charge is 0.488 e. The zero-order valence-corrected chi connectivity index (χ0v) is 37.2. The van der Waals surface area contributed by atoms with Gasteiger partial charge in [0.25, 0.3) is 0 Å². The molecule has 4 aromatic rings. The van der Waals surface area contributed by atoms with Gasteiger partial charge in [-0.1, -0.05) is 50.9 Å². The van der Waals surface area contributed by atoms with Gasteiger partial charge < -0.3 is 49.3 Å². The van der Waals surface area contributed by atoms with Gasteiger partial charge in [-0.2, -0.15) is 0 Å². The van der Waals surface area contributed by atoms with Crippen molar-refractivity contribution in [1.29, 1.82) is 0 Å². The van der Waals surface area contributed by atoms with Crippen LogP contribution < -0.4 is 20.1 Å². The van der Waals surface area contributed by atoms with Crippen molar-refractivity contribution in [3.05, 3.63) is 57.3 Å². The molecule has 16 nitrogen and oxygen atoms in total. The number of nitrogens with one attached hydrogen (secondary N) is 4. The van der Waals surface area contributed by atoms with E-state index in [2.05, 4.69) is 20.6 Å². The highest BCUT2D eigenvalue weighted by Crippen LogP contribution is 2.51. The molecule has 6 heterocycles. The normalized spacial score (nSPS) is 18.9. The minimum atomic E-state index is -0.761. The van der Waals surface area contributed by atoms with Crippen molar-refractivity contribution in [1.82, 2.24) is 40.4 Å². The molecule has 2 fully saturated rings. The average molecular weight is 892 g/mol. The van der Waals surface area contributed by atoms with Crippen LogP contribution in [0.5, 0.6) is 11.5 Å². The number of hydrogen-bond donors (Lipinski definition) is 4. The molecule has 0 radical (unpaired) electrons. The standard InChI is InChI=1S/C44H52Cl2N8O8/c1-21(2)33(49-43(57)59-5)41(55)53-13-9-7-11-27(53)39-47-35(37(45)51-39)23-15-25-19-62-30-18-24(16-26-20-61-29(17-23)31(25)32(26)30)36-38(46)52-40(48-36)28-12-8-10-14-54(28)42(56)34(22(3)4)50-44(58)60-6/h15-18,21-22,27-28,33-34H,7-14,19-20H2,1-6H3,(H,47,51)(H,48,52)(H,49,57)(H,50,58)/t27-,28-,33-,34-/m0/s1. The number of alkyl carbamates (subject to hydrolysis) is 2. The van der Waals surface area contributed by atoms with Gasteiger partial charge in [-0.15, -0.1) is 0 Å². The van der Waals surface area contributed by atoms with Crippen LogP contribution in [0.2, 0.25) is 10.3 Å². The second-order valence-electron chi connectivity index (χ2n) is 17.0. The number of likely N-dealkylation sites (tertiary alicyclic amines) is 2. The Hall–Kier alpha value is -5.48. The molecule has 8 rings (SSSR count). The number of rotatable bonds is 10. The van der Waals surface area contributed by atoms with Crippen LogP contribution in [0.1, 0.15) is 101 Å². The molecule has 4 aliphatic rings. The number of nitrogens with zero attached hydrogens (tertiary/aromatic N) is 4. The van der Waals surface area contributed by atoms with Crippen molar-refractivity contribution < 1.29 is 38.1 Å². The first-order valence-corrected chi connectivity index (χ1v) is 21.9. The monoisotopic (exact) mass is 890 g/mol. The molecule has 2 aromatic heterocycles. The highest BCUT2D eigenvalue weighted by Gasteiger charge is 2.39. The summed E-state index contributed by atoms with van der Waals surface area (Å²) in [7, 11) is 2.55. The molecule has 0 spiro atoms. The van der Waals surface area contributed by atoms with E-state index in [0.717, 1.165) is 59.1 Å². The van der Waals surface area contributed by atoms with Crippen LogP contribution in [-0.2, 0) is 32.3 Å². The SMILES string of the molecule is COC(=O)N[C@H](C(=O)N1CCCC[C@H]1c1nc(-c2cc3c4c(c2)OCc2cc(-c5nc([C@@H]6CCCCN6C(=O)[C@@H](NC(=O)OC)C(C)C)[nH]c5Cl)cc(c2-4)OC3)c(Cl)[nH]1)C(C)C. The summed E-state index contributed by atoms with van der Waals surface area (Å²) in [6.07, 6.45) is 3.52. The first kappa shape index (κ1) is 43.2. The zero-order chi connectivity index (χ0) is 44.0. The van der Waals surface area contributed by atoms with Gasteiger partial charge in [0.2, 0.25) is 11.8 Å². The summed E-state index contributed by atoms with van der Waals surface area (Å²) >= 11 is 13.8. The number of carbonyl (C=O) groups excluding carboxylic acids is 4. The van der Waals surface area contributed by atoms with E-state index < -0.39 is 24.3 Å². The molecule has 0 aliphatic carbocycles. The van der Waals surface area contributed by atoms with E-state index in [4.69, 9.17) is 52.1 Å². The molecule has 18 heteroatoms. The van der Waals surface area contributed by atoms with Crippen LogP contribution in [0.25, 0.3) is 33.6 Å². The number of aromatic nitrogens is 4. The lowest BCUT2D eigenvalue weighted by Crippen LogP contribution is -2.53. The fourth-order valence-electron chi connectivity index (χ4n) is 9.11. The van der Waals surface area contributed by atoms with Crippen molar-refractivity contribution in [2.75, 3.05) is 27.3 Å². The van der Waals surface area contributed by atoms with Crippen LogP contribution in [0, 0.1) is 11.8 Å². The van der Waals surface area contributed by atoms with Crippen LogP contribution in [0.3, 0.4) is 0 Å². The van der Waals surface area contributed by atoms with E-state index in [1.807, 2.05) is 52.0 Å². The summed E-state index contributed by atoms with van der Waals surface area (Å²) < 4.78 is 22.5. The molecule has 0 bridgehead atoms. The molecule has 330 valence electrons. The van der Waals surface area contributed by atoms with E-state index in [0.29, 0.717) is 70.8 Å². The van der Waals surface area contributed by atoms with E-state index in [1.54, 1.807) is 9.80 Å². The Kier molecular flexibility index (Phi) is 12.3. The lowest BCUT2D eigenvalue weighted by atomic mass is 9.87. The summed E-state index contributed by atoms with van der Waals surface area (Å²) in [5.41, 5.74) is 6.23. The zero-order valence-electron chi connectivity index (χ0n) is 35.7. The highest BCUT2D eigenvalue weighted by atomic mass is 35.5. The topological polar surface area (TPSA) is 193 Å². The number of hydrogen-bond acceptors (Lipinski definition) is 10. The van der Waals surface area contributed by atoms with Gasteiger partial charge in [-0.05, 0) is 74.6 Å².